The lowest BCUT2D eigenvalue weighted by molar-refractivity contribution is -0.154. The molecular formula is C11H17F3N2O2. The van der Waals surface area contributed by atoms with Gasteiger partial charge in [-0.05, 0) is 12.8 Å². The number of ether oxygens (including phenoxy) is 1. The number of nitrogens with zero attached hydrogens (tertiary/aromatic N) is 2. The molecule has 0 spiro atoms. The molecule has 1 amide bonds. The van der Waals surface area contributed by atoms with Crippen LogP contribution in [0.2, 0.25) is 0 Å². The Balaban J connectivity index is 1.77. The Morgan fingerprint density at radius 2 is 1.89 bits per heavy atom. The van der Waals surface area contributed by atoms with E-state index in [1.807, 2.05) is 0 Å². The van der Waals surface area contributed by atoms with E-state index in [1.165, 1.54) is 4.90 Å². The van der Waals surface area contributed by atoms with Crippen LogP contribution in [0.5, 0.6) is 0 Å². The quantitative estimate of drug-likeness (QED) is 0.743. The van der Waals surface area contributed by atoms with Gasteiger partial charge in [0.25, 0.3) is 5.91 Å². The number of piperazine rings is 1. The minimum atomic E-state index is -4.17. The van der Waals surface area contributed by atoms with Crippen molar-refractivity contribution in [3.05, 3.63) is 0 Å². The first-order chi connectivity index (χ1) is 8.46. The van der Waals surface area contributed by atoms with E-state index in [1.54, 1.807) is 4.90 Å². The lowest BCUT2D eigenvalue weighted by Gasteiger charge is -2.35. The van der Waals surface area contributed by atoms with Gasteiger partial charge in [0, 0.05) is 32.8 Å². The van der Waals surface area contributed by atoms with Gasteiger partial charge in [0.2, 0.25) is 0 Å². The summed E-state index contributed by atoms with van der Waals surface area (Å²) in [6.45, 7) is 0.971. The average Bonchev–Trinajstić information content (AvgIpc) is 2.80. The highest BCUT2D eigenvalue weighted by molar-refractivity contribution is 5.81. The van der Waals surface area contributed by atoms with Gasteiger partial charge in [-0.15, -0.1) is 0 Å². The molecular weight excluding hydrogens is 249 g/mol. The third-order valence-electron chi connectivity index (χ3n) is 3.29. The lowest BCUT2D eigenvalue weighted by Crippen LogP contribution is -2.53. The zero-order valence-electron chi connectivity index (χ0n) is 10.1. The third-order valence-corrected chi connectivity index (χ3v) is 3.29. The number of alkyl halides is 3. The van der Waals surface area contributed by atoms with E-state index in [4.69, 9.17) is 4.74 Å². The number of halogens is 3. The van der Waals surface area contributed by atoms with Crippen molar-refractivity contribution in [2.24, 2.45) is 0 Å². The third kappa shape index (κ3) is 3.58. The molecule has 18 heavy (non-hydrogen) atoms. The van der Waals surface area contributed by atoms with E-state index in [9.17, 15) is 18.0 Å². The summed E-state index contributed by atoms with van der Waals surface area (Å²) in [6, 6.07) is 0. The standard InChI is InChI=1S/C11H17F3N2O2/c12-11(13,14)8-15-3-5-16(6-4-15)10(17)9-2-1-7-18-9/h9H,1-8H2. The van der Waals surface area contributed by atoms with Crippen molar-refractivity contribution < 1.29 is 22.7 Å². The SMILES string of the molecule is O=C(C1CCCO1)N1CCN(CC(F)(F)F)CC1. The molecule has 0 aliphatic carbocycles. The van der Waals surface area contributed by atoms with Crippen molar-refractivity contribution in [3.63, 3.8) is 0 Å². The van der Waals surface area contributed by atoms with Crippen molar-refractivity contribution in [2.45, 2.75) is 25.1 Å². The molecule has 0 aromatic carbocycles. The summed E-state index contributed by atoms with van der Waals surface area (Å²) < 4.78 is 41.9. The first-order valence-corrected chi connectivity index (χ1v) is 6.15. The zero-order chi connectivity index (χ0) is 13.2. The van der Waals surface area contributed by atoms with Gasteiger partial charge in [-0.1, -0.05) is 0 Å². The number of hydrogen-bond donors (Lipinski definition) is 0. The predicted octanol–water partition coefficient (Wildman–Crippen LogP) is 0.872. The highest BCUT2D eigenvalue weighted by Gasteiger charge is 2.34. The minimum Gasteiger partial charge on any atom is -0.368 e. The van der Waals surface area contributed by atoms with E-state index in [0.717, 1.165) is 12.8 Å². The summed E-state index contributed by atoms with van der Waals surface area (Å²) in [5, 5.41) is 0. The molecule has 1 unspecified atom stereocenters. The molecule has 2 heterocycles. The summed E-state index contributed by atoms with van der Waals surface area (Å²) in [4.78, 5) is 14.9. The highest BCUT2D eigenvalue weighted by atomic mass is 19.4. The molecule has 2 rings (SSSR count). The highest BCUT2D eigenvalue weighted by Crippen LogP contribution is 2.19. The fraction of sp³-hybridized carbons (Fsp3) is 0.909. The maximum atomic E-state index is 12.2. The van der Waals surface area contributed by atoms with Crippen molar-refractivity contribution >= 4 is 5.91 Å². The van der Waals surface area contributed by atoms with Gasteiger partial charge in [-0.2, -0.15) is 13.2 Å². The van der Waals surface area contributed by atoms with Crippen molar-refractivity contribution in [2.75, 3.05) is 39.3 Å². The normalized spacial score (nSPS) is 26.6. The Kier molecular flexibility index (Phi) is 4.11. The van der Waals surface area contributed by atoms with Gasteiger partial charge in [-0.3, -0.25) is 9.69 Å². The molecule has 0 N–H and O–H groups in total. The smallest absolute Gasteiger partial charge is 0.368 e. The Morgan fingerprint density at radius 3 is 2.39 bits per heavy atom. The van der Waals surface area contributed by atoms with Crippen LogP contribution in [0.3, 0.4) is 0 Å². The molecule has 0 radical (unpaired) electrons. The van der Waals surface area contributed by atoms with Crippen LogP contribution in [0.1, 0.15) is 12.8 Å². The van der Waals surface area contributed by atoms with E-state index in [0.29, 0.717) is 19.7 Å². The van der Waals surface area contributed by atoms with E-state index in [-0.39, 0.29) is 25.1 Å². The molecule has 2 saturated heterocycles. The van der Waals surface area contributed by atoms with Crippen LogP contribution in [-0.4, -0.2) is 67.3 Å². The summed E-state index contributed by atoms with van der Waals surface area (Å²) in [5.41, 5.74) is 0. The summed E-state index contributed by atoms with van der Waals surface area (Å²) >= 11 is 0. The Bertz CT molecular complexity index is 295. The summed E-state index contributed by atoms with van der Waals surface area (Å²) in [5.74, 6) is -0.0702. The van der Waals surface area contributed by atoms with Gasteiger partial charge in [0.05, 0.1) is 6.54 Å². The fourth-order valence-corrected chi connectivity index (χ4v) is 2.36. The fourth-order valence-electron chi connectivity index (χ4n) is 2.36. The molecule has 0 aromatic rings. The average molecular weight is 266 g/mol. The van der Waals surface area contributed by atoms with Crippen molar-refractivity contribution in [1.82, 2.24) is 9.80 Å². The molecule has 1 atom stereocenters. The van der Waals surface area contributed by atoms with Gasteiger partial charge in [0.1, 0.15) is 6.10 Å². The van der Waals surface area contributed by atoms with E-state index in [2.05, 4.69) is 0 Å². The van der Waals surface area contributed by atoms with Crippen LogP contribution in [-0.2, 0) is 9.53 Å². The molecule has 0 bridgehead atoms. The number of hydrogen-bond acceptors (Lipinski definition) is 3. The van der Waals surface area contributed by atoms with Crippen LogP contribution >= 0.6 is 0 Å². The summed E-state index contributed by atoms with van der Waals surface area (Å²) in [6.07, 6.45) is -2.94. The Hall–Kier alpha value is -0.820. The molecule has 2 aliphatic heterocycles. The number of amides is 1. The van der Waals surface area contributed by atoms with Crippen LogP contribution in [0, 0.1) is 0 Å². The van der Waals surface area contributed by atoms with Crippen molar-refractivity contribution in [3.8, 4) is 0 Å². The van der Waals surface area contributed by atoms with Crippen LogP contribution < -0.4 is 0 Å². The second-order valence-corrected chi connectivity index (χ2v) is 4.72. The Morgan fingerprint density at radius 1 is 1.22 bits per heavy atom. The number of rotatable bonds is 2. The van der Waals surface area contributed by atoms with Crippen LogP contribution in [0.25, 0.3) is 0 Å². The monoisotopic (exact) mass is 266 g/mol. The molecule has 4 nitrogen and oxygen atoms in total. The zero-order valence-corrected chi connectivity index (χ0v) is 10.1. The second-order valence-electron chi connectivity index (χ2n) is 4.72. The molecule has 0 saturated carbocycles. The molecule has 104 valence electrons. The maximum Gasteiger partial charge on any atom is 0.401 e. The predicted molar refractivity (Wildman–Crippen MR) is 58.0 cm³/mol. The number of carbonyl (C=O) groups is 1. The molecule has 2 aliphatic rings. The van der Waals surface area contributed by atoms with Gasteiger partial charge in [-0.25, -0.2) is 0 Å². The van der Waals surface area contributed by atoms with Gasteiger partial charge < -0.3 is 9.64 Å². The van der Waals surface area contributed by atoms with Gasteiger partial charge in [0.15, 0.2) is 0 Å². The number of carbonyl (C=O) groups excluding carboxylic acids is 1. The first kappa shape index (κ1) is 13.6. The topological polar surface area (TPSA) is 32.8 Å². The lowest BCUT2D eigenvalue weighted by atomic mass is 10.2. The minimum absolute atomic E-state index is 0.0702. The van der Waals surface area contributed by atoms with Crippen LogP contribution in [0.4, 0.5) is 13.2 Å². The van der Waals surface area contributed by atoms with Crippen molar-refractivity contribution in [1.29, 1.82) is 0 Å². The maximum absolute atomic E-state index is 12.2. The van der Waals surface area contributed by atoms with E-state index >= 15 is 0 Å². The second kappa shape index (κ2) is 5.44. The first-order valence-electron chi connectivity index (χ1n) is 6.15. The molecule has 2 fully saturated rings. The molecule has 7 heteroatoms. The van der Waals surface area contributed by atoms with Gasteiger partial charge >= 0.3 is 6.18 Å². The summed E-state index contributed by atoms with van der Waals surface area (Å²) in [7, 11) is 0. The van der Waals surface area contributed by atoms with E-state index < -0.39 is 12.7 Å². The van der Waals surface area contributed by atoms with Crippen LogP contribution in [0.15, 0.2) is 0 Å². The molecule has 0 aromatic heterocycles. The largest absolute Gasteiger partial charge is 0.401 e. The Labute approximate surface area is 104 Å².